The second-order valence-electron chi connectivity index (χ2n) is 10.9. The highest BCUT2D eigenvalue weighted by molar-refractivity contribution is 6.74. The van der Waals surface area contributed by atoms with Crippen LogP contribution in [0, 0.1) is 11.3 Å². The van der Waals surface area contributed by atoms with E-state index in [4.69, 9.17) is 9.16 Å². The normalized spacial score (nSPS) is 15.3. The predicted molar refractivity (Wildman–Crippen MR) is 136 cm³/mol. The molecule has 0 saturated carbocycles. The Morgan fingerprint density at radius 1 is 1.15 bits per heavy atom. The fourth-order valence-electron chi connectivity index (χ4n) is 3.66. The summed E-state index contributed by atoms with van der Waals surface area (Å²) in [6.45, 7) is 16.0. The summed E-state index contributed by atoms with van der Waals surface area (Å²) in [5.41, 5.74) is 2.43. The lowest BCUT2D eigenvalue weighted by molar-refractivity contribution is 0.157. The van der Waals surface area contributed by atoms with Gasteiger partial charge >= 0.3 is 0 Å². The third kappa shape index (κ3) is 5.84. The monoisotopic (exact) mass is 464 g/mol. The maximum atomic E-state index is 13.0. The summed E-state index contributed by atoms with van der Waals surface area (Å²) in [5.74, 6) is 0.675. The molecule has 2 aromatic rings. The van der Waals surface area contributed by atoms with Gasteiger partial charge in [0.05, 0.1) is 17.3 Å². The lowest BCUT2D eigenvalue weighted by atomic mass is 9.97. The molecule has 0 unspecified atom stereocenters. The van der Waals surface area contributed by atoms with Crippen LogP contribution < -0.4 is 10.3 Å². The summed E-state index contributed by atoms with van der Waals surface area (Å²) in [4.78, 5) is 13.0. The summed E-state index contributed by atoms with van der Waals surface area (Å²) in [6.07, 6.45) is 6.59. The average molecular weight is 465 g/mol. The van der Waals surface area contributed by atoms with Crippen LogP contribution in [0.5, 0.6) is 5.75 Å². The standard InChI is InChI=1S/C27H36N2O3Si/c1-26(2,3)33(6,7)31-15-9-8-10-20-13-14-29(25(30)17-20)23-18-27(4,5)32-24-12-11-21(19-28)16-22(23)24/h11-14,16-18H,8-10,15H2,1-7H3. The van der Waals surface area contributed by atoms with Crippen LogP contribution in [-0.2, 0) is 10.8 Å². The van der Waals surface area contributed by atoms with Crippen molar-refractivity contribution in [3.05, 3.63) is 69.6 Å². The minimum Gasteiger partial charge on any atom is -0.483 e. The van der Waals surface area contributed by atoms with E-state index in [2.05, 4.69) is 39.9 Å². The van der Waals surface area contributed by atoms with E-state index in [-0.39, 0.29) is 10.6 Å². The van der Waals surface area contributed by atoms with Gasteiger partial charge in [-0.25, -0.2) is 0 Å². The number of aryl methyl sites for hydroxylation is 1. The van der Waals surface area contributed by atoms with Crippen molar-refractivity contribution >= 4 is 14.0 Å². The molecule has 0 bridgehead atoms. The SMILES string of the molecule is CC1(C)C=C(n2ccc(CCCCO[Si](C)(C)C(C)(C)C)cc2=O)c2cc(C#N)ccc2O1. The van der Waals surface area contributed by atoms with Crippen molar-refractivity contribution in [2.24, 2.45) is 0 Å². The Hall–Kier alpha value is -2.62. The van der Waals surface area contributed by atoms with Crippen molar-refractivity contribution in [2.75, 3.05) is 6.61 Å². The Labute approximate surface area is 198 Å². The van der Waals surface area contributed by atoms with Gasteiger partial charge in [-0.1, -0.05) is 20.8 Å². The van der Waals surface area contributed by atoms with Crippen LogP contribution in [0.3, 0.4) is 0 Å². The van der Waals surface area contributed by atoms with Gasteiger partial charge in [-0.05, 0) is 87.1 Å². The van der Waals surface area contributed by atoms with Crippen molar-refractivity contribution < 1.29 is 9.16 Å². The minimum absolute atomic E-state index is 0.0812. The first-order valence-corrected chi connectivity index (χ1v) is 14.6. The molecule has 5 nitrogen and oxygen atoms in total. The molecule has 1 aromatic carbocycles. The summed E-state index contributed by atoms with van der Waals surface area (Å²) in [7, 11) is -1.71. The van der Waals surface area contributed by atoms with Crippen LogP contribution in [0.1, 0.15) is 64.2 Å². The highest BCUT2D eigenvalue weighted by Gasteiger charge is 2.36. The molecular formula is C27H36N2O3Si. The maximum Gasteiger partial charge on any atom is 0.255 e. The molecule has 0 fully saturated rings. The van der Waals surface area contributed by atoms with E-state index in [1.165, 1.54) is 0 Å². The zero-order valence-electron chi connectivity index (χ0n) is 21.0. The van der Waals surface area contributed by atoms with E-state index < -0.39 is 13.9 Å². The summed E-state index contributed by atoms with van der Waals surface area (Å²) in [6, 6.07) is 11.2. The molecule has 0 radical (unpaired) electrons. The second kappa shape index (κ2) is 9.32. The number of hydrogen-bond acceptors (Lipinski definition) is 4. The quantitative estimate of drug-likeness (QED) is 0.365. The van der Waals surface area contributed by atoms with Gasteiger partial charge < -0.3 is 9.16 Å². The van der Waals surface area contributed by atoms with Crippen LogP contribution in [0.15, 0.2) is 47.4 Å². The van der Waals surface area contributed by atoms with Gasteiger partial charge in [0.1, 0.15) is 11.4 Å². The Kier molecular flexibility index (Phi) is 7.06. The van der Waals surface area contributed by atoms with Crippen LogP contribution in [-0.4, -0.2) is 25.1 Å². The molecule has 0 N–H and O–H groups in total. The lowest BCUT2D eigenvalue weighted by Crippen LogP contribution is -2.40. The molecule has 0 spiro atoms. The van der Waals surface area contributed by atoms with Crippen molar-refractivity contribution in [1.29, 1.82) is 5.26 Å². The largest absolute Gasteiger partial charge is 0.483 e. The zero-order chi connectivity index (χ0) is 24.4. The number of rotatable bonds is 7. The van der Waals surface area contributed by atoms with Gasteiger partial charge in [0.25, 0.3) is 5.56 Å². The van der Waals surface area contributed by atoms with E-state index in [0.29, 0.717) is 11.3 Å². The molecule has 33 heavy (non-hydrogen) atoms. The molecule has 3 rings (SSSR count). The van der Waals surface area contributed by atoms with E-state index in [9.17, 15) is 10.1 Å². The number of fused-ring (bicyclic) bond motifs is 1. The van der Waals surface area contributed by atoms with E-state index >= 15 is 0 Å². The number of hydrogen-bond donors (Lipinski definition) is 0. The summed E-state index contributed by atoms with van der Waals surface area (Å²) in [5, 5.41) is 9.53. The molecule has 6 heteroatoms. The molecular weight excluding hydrogens is 428 g/mol. The number of unbranched alkanes of at least 4 members (excludes halogenated alkanes) is 1. The van der Waals surface area contributed by atoms with Crippen LogP contribution in [0.4, 0.5) is 0 Å². The molecule has 0 saturated heterocycles. The van der Waals surface area contributed by atoms with Crippen molar-refractivity contribution in [3.8, 4) is 11.8 Å². The number of ether oxygens (including phenoxy) is 1. The molecule has 1 aliphatic heterocycles. The van der Waals surface area contributed by atoms with Crippen LogP contribution in [0.25, 0.3) is 5.70 Å². The van der Waals surface area contributed by atoms with E-state index in [1.807, 2.05) is 32.2 Å². The first-order chi connectivity index (χ1) is 15.3. The minimum atomic E-state index is -1.71. The Balaban J connectivity index is 1.72. The van der Waals surface area contributed by atoms with Gasteiger partial charge in [0, 0.05) is 24.4 Å². The molecule has 0 atom stereocenters. The Morgan fingerprint density at radius 2 is 1.88 bits per heavy atom. The van der Waals surface area contributed by atoms with E-state index in [1.54, 1.807) is 28.8 Å². The molecule has 176 valence electrons. The van der Waals surface area contributed by atoms with E-state index in [0.717, 1.165) is 42.7 Å². The van der Waals surface area contributed by atoms with Crippen molar-refractivity contribution in [2.45, 2.75) is 77.6 Å². The topological polar surface area (TPSA) is 64.2 Å². The highest BCUT2D eigenvalue weighted by Crippen LogP contribution is 2.37. The number of pyridine rings is 1. The molecule has 1 aromatic heterocycles. The first-order valence-electron chi connectivity index (χ1n) is 11.7. The second-order valence-corrected chi connectivity index (χ2v) is 15.7. The molecule has 0 amide bonds. The fraction of sp³-hybridized carbons (Fsp3) is 0.481. The Morgan fingerprint density at radius 3 is 2.52 bits per heavy atom. The van der Waals surface area contributed by atoms with Crippen molar-refractivity contribution in [1.82, 2.24) is 4.57 Å². The fourth-order valence-corrected chi connectivity index (χ4v) is 4.75. The maximum absolute atomic E-state index is 13.0. The smallest absolute Gasteiger partial charge is 0.255 e. The van der Waals surface area contributed by atoms with Gasteiger partial charge in [-0.2, -0.15) is 5.26 Å². The van der Waals surface area contributed by atoms with Crippen LogP contribution >= 0.6 is 0 Å². The predicted octanol–water partition coefficient (Wildman–Crippen LogP) is 6.12. The molecule has 1 aliphatic rings. The van der Waals surface area contributed by atoms with Gasteiger partial charge in [-0.15, -0.1) is 0 Å². The lowest BCUT2D eigenvalue weighted by Gasteiger charge is -2.36. The van der Waals surface area contributed by atoms with Gasteiger partial charge in [0.2, 0.25) is 0 Å². The third-order valence-electron chi connectivity index (χ3n) is 6.61. The summed E-state index contributed by atoms with van der Waals surface area (Å²) < 4.78 is 13.9. The first kappa shape index (κ1) is 25.0. The highest BCUT2D eigenvalue weighted by atomic mass is 28.4. The van der Waals surface area contributed by atoms with Crippen molar-refractivity contribution in [3.63, 3.8) is 0 Å². The molecule has 2 heterocycles. The average Bonchev–Trinajstić information content (AvgIpc) is 2.71. The molecule has 0 aliphatic carbocycles. The zero-order valence-corrected chi connectivity index (χ0v) is 22.0. The Bertz CT molecular complexity index is 1150. The number of nitriles is 1. The third-order valence-corrected chi connectivity index (χ3v) is 11.2. The van der Waals surface area contributed by atoms with Crippen LogP contribution in [0.2, 0.25) is 18.1 Å². The van der Waals surface area contributed by atoms with Gasteiger partial charge in [-0.3, -0.25) is 9.36 Å². The van der Waals surface area contributed by atoms with Gasteiger partial charge in [0.15, 0.2) is 8.32 Å². The summed E-state index contributed by atoms with van der Waals surface area (Å²) >= 11 is 0. The number of aromatic nitrogens is 1. The number of nitrogens with zero attached hydrogens (tertiary/aromatic N) is 2. The number of benzene rings is 1.